The maximum Gasteiger partial charge on any atom is 0.178 e. The molecule has 1 aliphatic heterocycles. The summed E-state index contributed by atoms with van der Waals surface area (Å²) in [5, 5.41) is 2.41. The van der Waals surface area contributed by atoms with E-state index in [1.165, 1.54) is 33.0 Å². The molecule has 7 rings (SSSR count). The third-order valence-electron chi connectivity index (χ3n) is 7.51. The molecule has 0 radical (unpaired) electrons. The van der Waals surface area contributed by atoms with Crippen molar-refractivity contribution in [1.29, 1.82) is 0 Å². The molecule has 0 atom stereocenters. The van der Waals surface area contributed by atoms with Crippen LogP contribution in [0, 0.1) is 0 Å². The van der Waals surface area contributed by atoms with Gasteiger partial charge < -0.3 is 4.74 Å². The van der Waals surface area contributed by atoms with Gasteiger partial charge in [0, 0.05) is 16.7 Å². The second-order valence-electron chi connectivity index (χ2n) is 9.73. The standard InChI is InChI=1S/C37H26O/c1-4-12-27(13-5-1)28-20-22-29(23-21-28)35-26-36-34(32-18-10-11-19-33(32)35)24-25-37(38-36,30-14-6-2-7-15-30)31-16-8-3-9-17-31/h1-26H. The summed E-state index contributed by atoms with van der Waals surface area (Å²) >= 11 is 0. The Morgan fingerprint density at radius 3 is 1.58 bits per heavy atom. The van der Waals surface area contributed by atoms with Gasteiger partial charge in [0.15, 0.2) is 5.60 Å². The van der Waals surface area contributed by atoms with Crippen LogP contribution >= 0.6 is 0 Å². The molecule has 180 valence electrons. The molecule has 1 heteroatoms. The van der Waals surface area contributed by atoms with Crippen molar-refractivity contribution in [3.8, 4) is 28.0 Å². The zero-order chi connectivity index (χ0) is 25.4. The summed E-state index contributed by atoms with van der Waals surface area (Å²) in [5.41, 5.74) is 7.40. The zero-order valence-corrected chi connectivity index (χ0v) is 20.9. The van der Waals surface area contributed by atoms with Gasteiger partial charge >= 0.3 is 0 Å². The predicted octanol–water partition coefficient (Wildman–Crippen LogP) is 9.52. The van der Waals surface area contributed by atoms with Crippen LogP contribution in [-0.2, 0) is 5.60 Å². The average molecular weight is 487 g/mol. The molecule has 1 heterocycles. The Bertz CT molecular complexity index is 1710. The smallest absolute Gasteiger partial charge is 0.178 e. The molecule has 0 saturated carbocycles. The Labute approximate surface area is 223 Å². The number of hydrogen-bond donors (Lipinski definition) is 0. The van der Waals surface area contributed by atoms with Gasteiger partial charge in [0.05, 0.1) is 0 Å². The fourth-order valence-electron chi connectivity index (χ4n) is 5.60. The highest BCUT2D eigenvalue weighted by atomic mass is 16.5. The lowest BCUT2D eigenvalue weighted by molar-refractivity contribution is 0.161. The number of ether oxygens (including phenoxy) is 1. The summed E-state index contributed by atoms with van der Waals surface area (Å²) < 4.78 is 7.07. The maximum atomic E-state index is 7.07. The highest BCUT2D eigenvalue weighted by molar-refractivity contribution is 6.03. The van der Waals surface area contributed by atoms with Crippen molar-refractivity contribution in [3.63, 3.8) is 0 Å². The minimum atomic E-state index is -0.702. The van der Waals surface area contributed by atoms with E-state index in [-0.39, 0.29) is 0 Å². The molecule has 38 heavy (non-hydrogen) atoms. The normalized spacial score (nSPS) is 13.6. The summed E-state index contributed by atoms with van der Waals surface area (Å²) in [6.07, 6.45) is 4.45. The molecular weight excluding hydrogens is 460 g/mol. The van der Waals surface area contributed by atoms with Crippen molar-refractivity contribution in [2.75, 3.05) is 0 Å². The fraction of sp³-hybridized carbons (Fsp3) is 0.0270. The van der Waals surface area contributed by atoms with Crippen molar-refractivity contribution < 1.29 is 4.74 Å². The van der Waals surface area contributed by atoms with Gasteiger partial charge in [-0.25, -0.2) is 0 Å². The number of fused-ring (bicyclic) bond motifs is 3. The Hall–Kier alpha value is -4.88. The summed E-state index contributed by atoms with van der Waals surface area (Å²) in [6, 6.07) is 51.2. The van der Waals surface area contributed by atoms with Crippen LogP contribution in [-0.4, -0.2) is 0 Å². The molecule has 0 fully saturated rings. The quantitative estimate of drug-likeness (QED) is 0.241. The lowest BCUT2D eigenvalue weighted by Crippen LogP contribution is -2.34. The van der Waals surface area contributed by atoms with Gasteiger partial charge in [0.25, 0.3) is 0 Å². The Balaban J connectivity index is 1.40. The van der Waals surface area contributed by atoms with Gasteiger partial charge in [-0.15, -0.1) is 0 Å². The second-order valence-corrected chi connectivity index (χ2v) is 9.73. The molecule has 0 spiro atoms. The molecule has 0 bridgehead atoms. The summed E-state index contributed by atoms with van der Waals surface area (Å²) in [5.74, 6) is 0.890. The van der Waals surface area contributed by atoms with Crippen LogP contribution in [0.25, 0.3) is 39.1 Å². The van der Waals surface area contributed by atoms with Crippen LogP contribution in [0.1, 0.15) is 16.7 Å². The van der Waals surface area contributed by atoms with Crippen LogP contribution < -0.4 is 4.74 Å². The lowest BCUT2D eigenvalue weighted by atomic mass is 9.82. The Kier molecular flexibility index (Phi) is 5.41. The lowest BCUT2D eigenvalue weighted by Gasteiger charge is -2.36. The largest absolute Gasteiger partial charge is 0.473 e. The van der Waals surface area contributed by atoms with E-state index in [9.17, 15) is 0 Å². The summed E-state index contributed by atoms with van der Waals surface area (Å²) in [7, 11) is 0. The van der Waals surface area contributed by atoms with E-state index in [4.69, 9.17) is 4.74 Å². The second kappa shape index (κ2) is 9.21. The topological polar surface area (TPSA) is 9.23 Å². The molecule has 0 aliphatic carbocycles. The van der Waals surface area contributed by atoms with Gasteiger partial charge in [-0.3, -0.25) is 0 Å². The van der Waals surface area contributed by atoms with E-state index in [0.717, 1.165) is 22.4 Å². The molecule has 0 saturated heterocycles. The van der Waals surface area contributed by atoms with Crippen molar-refractivity contribution in [3.05, 3.63) is 168 Å². The van der Waals surface area contributed by atoms with E-state index in [1.54, 1.807) is 0 Å². The minimum absolute atomic E-state index is 0.702. The van der Waals surface area contributed by atoms with Crippen LogP contribution in [0.15, 0.2) is 152 Å². The van der Waals surface area contributed by atoms with Crippen molar-refractivity contribution >= 4 is 16.8 Å². The highest BCUT2D eigenvalue weighted by Crippen LogP contribution is 2.46. The maximum absolute atomic E-state index is 7.07. The third kappa shape index (κ3) is 3.72. The van der Waals surface area contributed by atoms with E-state index in [2.05, 4.69) is 146 Å². The van der Waals surface area contributed by atoms with Crippen molar-refractivity contribution in [1.82, 2.24) is 0 Å². The zero-order valence-electron chi connectivity index (χ0n) is 20.9. The summed E-state index contributed by atoms with van der Waals surface area (Å²) in [4.78, 5) is 0. The molecule has 0 amide bonds. The van der Waals surface area contributed by atoms with Gasteiger partial charge in [-0.1, -0.05) is 140 Å². The fourth-order valence-corrected chi connectivity index (χ4v) is 5.60. The van der Waals surface area contributed by atoms with Crippen molar-refractivity contribution in [2.24, 2.45) is 0 Å². The molecule has 0 N–H and O–H groups in total. The average Bonchev–Trinajstić information content (AvgIpc) is 3.02. The van der Waals surface area contributed by atoms with Crippen LogP contribution in [0.2, 0.25) is 0 Å². The first-order chi connectivity index (χ1) is 18.8. The van der Waals surface area contributed by atoms with Gasteiger partial charge in [-0.05, 0) is 51.2 Å². The monoisotopic (exact) mass is 486 g/mol. The Morgan fingerprint density at radius 1 is 0.447 bits per heavy atom. The molecule has 0 aromatic heterocycles. The van der Waals surface area contributed by atoms with Gasteiger partial charge in [-0.2, -0.15) is 0 Å². The van der Waals surface area contributed by atoms with E-state index >= 15 is 0 Å². The highest BCUT2D eigenvalue weighted by Gasteiger charge is 2.37. The number of hydrogen-bond acceptors (Lipinski definition) is 1. The van der Waals surface area contributed by atoms with Gasteiger partial charge in [0.1, 0.15) is 5.75 Å². The van der Waals surface area contributed by atoms with Crippen LogP contribution in [0.3, 0.4) is 0 Å². The van der Waals surface area contributed by atoms with Crippen molar-refractivity contribution in [2.45, 2.75) is 5.60 Å². The molecule has 1 aliphatic rings. The number of rotatable bonds is 4. The first-order valence-electron chi connectivity index (χ1n) is 13.0. The molecular formula is C37H26O. The minimum Gasteiger partial charge on any atom is -0.473 e. The summed E-state index contributed by atoms with van der Waals surface area (Å²) in [6.45, 7) is 0. The third-order valence-corrected chi connectivity index (χ3v) is 7.51. The van der Waals surface area contributed by atoms with E-state index in [1.807, 2.05) is 12.1 Å². The molecule has 0 unspecified atom stereocenters. The molecule has 6 aromatic rings. The first-order valence-corrected chi connectivity index (χ1v) is 13.0. The predicted molar refractivity (Wildman–Crippen MR) is 158 cm³/mol. The van der Waals surface area contributed by atoms with E-state index in [0.29, 0.717) is 0 Å². The molecule has 6 aromatic carbocycles. The first kappa shape index (κ1) is 22.3. The van der Waals surface area contributed by atoms with Crippen LogP contribution in [0.5, 0.6) is 5.75 Å². The van der Waals surface area contributed by atoms with E-state index < -0.39 is 5.60 Å². The Morgan fingerprint density at radius 2 is 0.947 bits per heavy atom. The molecule has 1 nitrogen and oxygen atoms in total. The van der Waals surface area contributed by atoms with Crippen LogP contribution in [0.4, 0.5) is 0 Å². The van der Waals surface area contributed by atoms with Gasteiger partial charge in [0.2, 0.25) is 0 Å². The SMILES string of the molecule is C1=CC(c2ccccc2)(c2ccccc2)Oc2cc(-c3ccc(-c4ccccc4)cc3)c3ccccc3c21. The number of benzene rings is 6.